The second kappa shape index (κ2) is 5.58. The molecule has 0 aliphatic rings. The molecule has 1 heterocycles. The van der Waals surface area contributed by atoms with E-state index in [-0.39, 0.29) is 11.6 Å². The van der Waals surface area contributed by atoms with Crippen LogP contribution >= 0.6 is 11.3 Å². The zero-order valence-corrected chi connectivity index (χ0v) is 12.2. The highest BCUT2D eigenvalue weighted by atomic mass is 32.1. The second-order valence-electron chi connectivity index (χ2n) is 4.55. The Morgan fingerprint density at radius 2 is 2.15 bits per heavy atom. The number of thiazole rings is 1. The Kier molecular flexibility index (Phi) is 4.04. The average molecular weight is 294 g/mol. The Hall–Kier alpha value is -1.95. The van der Waals surface area contributed by atoms with Gasteiger partial charge >= 0.3 is 5.97 Å². The first kappa shape index (κ1) is 14.5. The molecule has 0 saturated carbocycles. The van der Waals surface area contributed by atoms with E-state index >= 15 is 0 Å². The fraction of sp³-hybridized carbons (Fsp3) is 0.286. The van der Waals surface area contributed by atoms with E-state index in [9.17, 15) is 9.18 Å². The summed E-state index contributed by atoms with van der Waals surface area (Å²) in [6.07, 6.45) is 0. The van der Waals surface area contributed by atoms with Gasteiger partial charge in [0.2, 0.25) is 0 Å². The molecule has 0 spiro atoms. The van der Waals surface area contributed by atoms with Crippen LogP contribution in [0.15, 0.2) is 18.2 Å². The summed E-state index contributed by atoms with van der Waals surface area (Å²) in [6.45, 7) is 5.84. The van der Waals surface area contributed by atoms with Crippen molar-refractivity contribution in [1.29, 1.82) is 0 Å². The zero-order chi connectivity index (χ0) is 14.9. The maximum atomic E-state index is 13.6. The molecule has 1 unspecified atom stereocenters. The quantitative estimate of drug-likeness (QED) is 0.901. The Morgan fingerprint density at radius 1 is 1.45 bits per heavy atom. The van der Waals surface area contributed by atoms with Crippen molar-refractivity contribution in [3.63, 3.8) is 0 Å². The number of aromatic carboxylic acids is 1. The van der Waals surface area contributed by atoms with Crippen molar-refractivity contribution in [3.8, 4) is 0 Å². The summed E-state index contributed by atoms with van der Waals surface area (Å²) < 4.78 is 13.6. The molecule has 2 N–H and O–H groups in total. The number of aryl methyl sites for hydroxylation is 2. The summed E-state index contributed by atoms with van der Waals surface area (Å²) >= 11 is 1.59. The molecule has 2 rings (SSSR count). The van der Waals surface area contributed by atoms with Gasteiger partial charge in [-0.2, -0.15) is 0 Å². The van der Waals surface area contributed by atoms with Crippen molar-refractivity contribution in [1.82, 2.24) is 4.98 Å². The van der Waals surface area contributed by atoms with E-state index in [1.54, 1.807) is 17.4 Å². The van der Waals surface area contributed by atoms with E-state index in [0.29, 0.717) is 5.69 Å². The van der Waals surface area contributed by atoms with E-state index in [1.165, 1.54) is 12.1 Å². The summed E-state index contributed by atoms with van der Waals surface area (Å²) in [5.41, 5.74) is 1.17. The molecule has 0 bridgehead atoms. The monoisotopic (exact) mass is 294 g/mol. The number of aromatic nitrogens is 1. The fourth-order valence-corrected chi connectivity index (χ4v) is 2.97. The minimum atomic E-state index is -1.27. The van der Waals surface area contributed by atoms with Gasteiger partial charge in [0.1, 0.15) is 5.82 Å². The fourth-order valence-electron chi connectivity index (χ4n) is 2.04. The lowest BCUT2D eigenvalue weighted by Crippen LogP contribution is -2.08. The number of carbonyl (C=O) groups is 1. The maximum absolute atomic E-state index is 13.6. The number of nitrogens with zero attached hydrogens (tertiary/aromatic N) is 1. The van der Waals surface area contributed by atoms with Gasteiger partial charge in [0.05, 0.1) is 22.3 Å². The number of nitrogens with one attached hydrogen (secondary N) is 1. The van der Waals surface area contributed by atoms with Crippen LogP contribution in [0.25, 0.3) is 0 Å². The molecule has 1 atom stereocenters. The van der Waals surface area contributed by atoms with E-state index in [0.717, 1.165) is 15.6 Å². The Balaban J connectivity index is 2.20. The van der Waals surface area contributed by atoms with Gasteiger partial charge in [-0.1, -0.05) is 0 Å². The van der Waals surface area contributed by atoms with Gasteiger partial charge in [0.25, 0.3) is 0 Å². The van der Waals surface area contributed by atoms with Gasteiger partial charge in [-0.25, -0.2) is 14.2 Å². The minimum absolute atomic E-state index is 0.0173. The first-order valence-electron chi connectivity index (χ1n) is 6.11. The van der Waals surface area contributed by atoms with E-state index in [1.807, 2.05) is 20.8 Å². The molecule has 20 heavy (non-hydrogen) atoms. The van der Waals surface area contributed by atoms with Crippen molar-refractivity contribution in [3.05, 3.63) is 45.2 Å². The topological polar surface area (TPSA) is 62.2 Å². The molecular weight excluding hydrogens is 279 g/mol. The van der Waals surface area contributed by atoms with Gasteiger partial charge in [0, 0.05) is 10.6 Å². The van der Waals surface area contributed by atoms with Crippen LogP contribution in [0.4, 0.5) is 10.1 Å². The van der Waals surface area contributed by atoms with Crippen LogP contribution < -0.4 is 5.32 Å². The standard InChI is InChI=1S/C14H15FN2O2S/c1-7-13(20-9(3)16-7)8(2)17-10-4-5-11(14(18)19)12(15)6-10/h4-6,8,17H,1-3H3,(H,18,19). The number of rotatable bonds is 4. The molecule has 6 heteroatoms. The number of benzene rings is 1. The highest BCUT2D eigenvalue weighted by Crippen LogP contribution is 2.28. The lowest BCUT2D eigenvalue weighted by molar-refractivity contribution is 0.0692. The molecule has 0 fully saturated rings. The van der Waals surface area contributed by atoms with E-state index in [4.69, 9.17) is 5.11 Å². The Labute approximate surface area is 120 Å². The minimum Gasteiger partial charge on any atom is -0.478 e. The molecule has 2 aromatic rings. The van der Waals surface area contributed by atoms with Crippen molar-refractivity contribution >= 4 is 23.0 Å². The highest BCUT2D eigenvalue weighted by molar-refractivity contribution is 7.11. The molecule has 0 radical (unpaired) electrons. The van der Waals surface area contributed by atoms with Gasteiger partial charge in [-0.05, 0) is 39.0 Å². The van der Waals surface area contributed by atoms with Crippen LogP contribution in [0.1, 0.15) is 38.9 Å². The largest absolute Gasteiger partial charge is 0.478 e. The number of anilines is 1. The highest BCUT2D eigenvalue weighted by Gasteiger charge is 2.15. The smallest absolute Gasteiger partial charge is 0.338 e. The van der Waals surface area contributed by atoms with Gasteiger partial charge < -0.3 is 10.4 Å². The summed E-state index contributed by atoms with van der Waals surface area (Å²) in [5, 5.41) is 12.9. The first-order valence-corrected chi connectivity index (χ1v) is 6.93. The van der Waals surface area contributed by atoms with Crippen LogP contribution in [-0.2, 0) is 0 Å². The van der Waals surface area contributed by atoms with Crippen molar-refractivity contribution < 1.29 is 14.3 Å². The van der Waals surface area contributed by atoms with Crippen LogP contribution in [0, 0.1) is 19.7 Å². The summed E-state index contributed by atoms with van der Waals surface area (Å²) in [6, 6.07) is 4.00. The summed E-state index contributed by atoms with van der Waals surface area (Å²) in [4.78, 5) is 16.2. The predicted octanol–water partition coefficient (Wildman–Crippen LogP) is 3.77. The third-order valence-electron chi connectivity index (χ3n) is 2.92. The van der Waals surface area contributed by atoms with Gasteiger partial charge in [-0.15, -0.1) is 11.3 Å². The van der Waals surface area contributed by atoms with E-state index < -0.39 is 11.8 Å². The lowest BCUT2D eigenvalue weighted by Gasteiger charge is -2.14. The van der Waals surface area contributed by atoms with E-state index in [2.05, 4.69) is 10.3 Å². The Bertz CT molecular complexity index is 655. The number of carboxylic acids is 1. The van der Waals surface area contributed by atoms with Crippen molar-refractivity contribution in [2.24, 2.45) is 0 Å². The van der Waals surface area contributed by atoms with Crippen LogP contribution in [0.5, 0.6) is 0 Å². The van der Waals surface area contributed by atoms with Crippen LogP contribution in [0.3, 0.4) is 0 Å². The lowest BCUT2D eigenvalue weighted by atomic mass is 10.1. The molecule has 106 valence electrons. The van der Waals surface area contributed by atoms with Crippen molar-refractivity contribution in [2.75, 3.05) is 5.32 Å². The second-order valence-corrected chi connectivity index (χ2v) is 5.78. The predicted molar refractivity (Wildman–Crippen MR) is 77.0 cm³/mol. The van der Waals surface area contributed by atoms with Gasteiger partial charge in [-0.3, -0.25) is 0 Å². The van der Waals surface area contributed by atoms with Crippen LogP contribution in [0.2, 0.25) is 0 Å². The molecule has 0 amide bonds. The number of halogens is 1. The molecule has 1 aromatic carbocycles. The molecule has 0 aliphatic heterocycles. The zero-order valence-electron chi connectivity index (χ0n) is 11.4. The number of carboxylic acid groups (broad SMARTS) is 1. The maximum Gasteiger partial charge on any atom is 0.338 e. The molecule has 0 aliphatic carbocycles. The third kappa shape index (κ3) is 2.96. The van der Waals surface area contributed by atoms with Crippen molar-refractivity contribution in [2.45, 2.75) is 26.8 Å². The normalized spacial score (nSPS) is 12.2. The third-order valence-corrected chi connectivity index (χ3v) is 4.17. The summed E-state index contributed by atoms with van der Waals surface area (Å²) in [7, 11) is 0. The molecule has 0 saturated heterocycles. The number of hydrogen-bond acceptors (Lipinski definition) is 4. The summed E-state index contributed by atoms with van der Waals surface area (Å²) in [5.74, 6) is -2.01. The van der Waals surface area contributed by atoms with Crippen LogP contribution in [-0.4, -0.2) is 16.1 Å². The Morgan fingerprint density at radius 3 is 2.65 bits per heavy atom. The molecule has 1 aromatic heterocycles. The first-order chi connectivity index (χ1) is 9.38. The van der Waals surface area contributed by atoms with Gasteiger partial charge in [0.15, 0.2) is 0 Å². The average Bonchev–Trinajstić information content (AvgIpc) is 2.68. The SMILES string of the molecule is Cc1nc(C)c(C(C)Nc2ccc(C(=O)O)c(F)c2)s1. The number of hydrogen-bond donors (Lipinski definition) is 2. The molecule has 4 nitrogen and oxygen atoms in total. The molecular formula is C14H15FN2O2S.